The highest BCUT2D eigenvalue weighted by Crippen LogP contribution is 2.41. The van der Waals surface area contributed by atoms with E-state index in [0.29, 0.717) is 115 Å². The van der Waals surface area contributed by atoms with Gasteiger partial charge in [-0.05, 0) is 210 Å². The number of aliphatic hydroxyl groups is 6. The van der Waals surface area contributed by atoms with Gasteiger partial charge in [0.05, 0.1) is 59.6 Å². The molecule has 16 N–H and O–H groups in total. The third-order valence-corrected chi connectivity index (χ3v) is 20.0. The summed E-state index contributed by atoms with van der Waals surface area (Å²) >= 11 is 0. The maximum Gasteiger partial charge on any atom is 0.306 e. The first-order valence-electron chi connectivity index (χ1n) is 40.0. The van der Waals surface area contributed by atoms with E-state index >= 15 is 0 Å². The molecule has 622 valence electrons. The molecule has 0 radical (unpaired) electrons. The second-order valence-corrected chi connectivity index (χ2v) is 30.6. The number of aliphatic carboxylic acids is 1. The first kappa shape index (κ1) is 89.9. The number of ether oxygens (including phenoxy) is 2. The van der Waals surface area contributed by atoms with Gasteiger partial charge in [0.1, 0.15) is 46.5 Å². The Hall–Kier alpha value is -9.64. The molecule has 10 rings (SSSR count). The van der Waals surface area contributed by atoms with E-state index in [9.17, 15) is 54.3 Å². The number of aromatic nitrogens is 6. The number of hydrogen-bond donors (Lipinski definition) is 15. The Labute approximate surface area is 663 Å². The van der Waals surface area contributed by atoms with Crippen LogP contribution in [0.2, 0.25) is 0 Å². The number of carboxylic acid groups (broad SMARTS) is 1. The van der Waals surface area contributed by atoms with Crippen molar-refractivity contribution in [3.05, 3.63) is 122 Å². The van der Waals surface area contributed by atoms with Gasteiger partial charge in [-0.2, -0.15) is 0 Å². The lowest BCUT2D eigenvalue weighted by atomic mass is 9.95. The van der Waals surface area contributed by atoms with Crippen molar-refractivity contribution in [1.82, 2.24) is 40.5 Å². The molecular formula is C82H119N17O15. The number of aromatic amines is 3. The van der Waals surface area contributed by atoms with Crippen molar-refractivity contribution in [3.63, 3.8) is 0 Å². The minimum atomic E-state index is -1.73. The smallest absolute Gasteiger partial charge is 0.306 e. The minimum Gasteiger partial charge on any atom is -0.481 e. The molecule has 6 atom stereocenters. The Kier molecular flexibility index (Phi) is 34.5. The highest BCUT2D eigenvalue weighted by molar-refractivity contribution is 5.82. The zero-order valence-electron chi connectivity index (χ0n) is 67.2. The lowest BCUT2D eigenvalue weighted by molar-refractivity contribution is -0.158. The normalized spacial score (nSPS) is 15.5. The number of nitrogens with one attached hydrogen (secondary N) is 7. The molecule has 114 heavy (non-hydrogen) atoms. The number of esters is 2. The largest absolute Gasteiger partial charge is 0.481 e. The SMILES string of the molecule is C=c1nc2c(c(=O)[nH]1)=Nc1cc(C)c(C)cc1N2CCCCCCC(=O)OC1CCCCC1O.C=c1nc2c(c(=O)[nH]1)=Nc1cc(C)c(NCC(O)C(O)C(O)C(O)CO)cc1N2CCCCCCC(=O)O.C=c1nc2c(c(=O)[nH]1)=Nc1cc(C)c(NCNCCCCNCCCN)cc1N2CCCCCCC(=O)OC(C)(C)C. The third-order valence-electron chi connectivity index (χ3n) is 20.0. The van der Waals surface area contributed by atoms with Crippen molar-refractivity contribution in [3.8, 4) is 0 Å². The third kappa shape index (κ3) is 26.2. The van der Waals surface area contributed by atoms with Crippen LogP contribution in [0.25, 0.3) is 19.7 Å². The number of hydrogen-bond acceptors (Lipinski definition) is 28. The molecule has 1 fully saturated rings. The fourth-order valence-corrected chi connectivity index (χ4v) is 13.7. The van der Waals surface area contributed by atoms with Crippen LogP contribution in [0.1, 0.15) is 184 Å². The molecule has 6 heterocycles. The van der Waals surface area contributed by atoms with Crippen molar-refractivity contribution in [1.29, 1.82) is 0 Å². The Morgan fingerprint density at radius 1 is 0.544 bits per heavy atom. The fraction of sp³-hybridized carbons (Fsp3) is 0.561. The van der Waals surface area contributed by atoms with Gasteiger partial charge in [-0.25, -0.2) is 29.9 Å². The molecule has 32 nitrogen and oxygen atoms in total. The van der Waals surface area contributed by atoms with E-state index in [1.54, 1.807) is 19.1 Å². The Balaban J connectivity index is 0.000000215. The van der Waals surface area contributed by atoms with Gasteiger partial charge in [-0.3, -0.25) is 28.8 Å². The minimum absolute atomic E-state index is 0.112. The Morgan fingerprint density at radius 3 is 1.42 bits per heavy atom. The van der Waals surface area contributed by atoms with Crippen molar-refractivity contribution >= 4 is 101 Å². The maximum absolute atomic E-state index is 12.8. The van der Waals surface area contributed by atoms with Gasteiger partial charge in [0, 0.05) is 56.8 Å². The Morgan fingerprint density at radius 2 is 0.956 bits per heavy atom. The number of H-pyrrole nitrogens is 3. The van der Waals surface area contributed by atoms with Gasteiger partial charge in [0.25, 0.3) is 16.7 Å². The van der Waals surface area contributed by atoms with Crippen LogP contribution in [0, 0.1) is 27.7 Å². The van der Waals surface area contributed by atoms with E-state index < -0.39 is 54.3 Å². The molecule has 1 saturated carbocycles. The molecule has 1 aliphatic carbocycles. The van der Waals surface area contributed by atoms with E-state index in [2.05, 4.69) is 115 Å². The molecule has 6 unspecified atom stereocenters. The highest BCUT2D eigenvalue weighted by Gasteiger charge is 2.32. The highest BCUT2D eigenvalue weighted by atomic mass is 16.6. The van der Waals surface area contributed by atoms with Crippen LogP contribution in [0.5, 0.6) is 0 Å². The predicted octanol–water partition coefficient (Wildman–Crippen LogP) is 4.63. The molecule has 0 saturated heterocycles. The van der Waals surface area contributed by atoms with Crippen LogP contribution in [0.4, 0.5) is 63.0 Å². The molecule has 3 aromatic carbocycles. The van der Waals surface area contributed by atoms with E-state index in [4.69, 9.17) is 25.4 Å². The molecule has 3 aliphatic heterocycles. The summed E-state index contributed by atoms with van der Waals surface area (Å²) in [5.74, 6) is 0.211. The summed E-state index contributed by atoms with van der Waals surface area (Å²) in [6.07, 6.45) is 9.98. The van der Waals surface area contributed by atoms with Gasteiger partial charge in [0.2, 0.25) is 0 Å². The van der Waals surface area contributed by atoms with Crippen LogP contribution in [-0.4, -0.2) is 191 Å². The average molecular weight is 1580 g/mol. The quantitative estimate of drug-likeness (QED) is 0.0142. The number of carbonyl (C=O) groups is 3. The number of aryl methyl sites for hydroxylation is 4. The summed E-state index contributed by atoms with van der Waals surface area (Å²) < 4.78 is 10.9. The molecule has 0 bridgehead atoms. The summed E-state index contributed by atoms with van der Waals surface area (Å²) in [6.45, 7) is 30.2. The number of anilines is 8. The Bertz CT molecular complexity index is 4800. The summed E-state index contributed by atoms with van der Waals surface area (Å²) in [4.78, 5) is 114. The number of aliphatic hydroxyl groups excluding tert-OH is 6. The van der Waals surface area contributed by atoms with E-state index in [-0.39, 0.29) is 53.0 Å². The van der Waals surface area contributed by atoms with E-state index in [1.807, 2.05) is 51.7 Å². The van der Waals surface area contributed by atoms with Crippen molar-refractivity contribution in [2.45, 2.75) is 232 Å². The zero-order valence-corrected chi connectivity index (χ0v) is 67.2. The molecule has 0 amide bonds. The molecule has 0 spiro atoms. The monoisotopic (exact) mass is 1580 g/mol. The first-order valence-corrected chi connectivity index (χ1v) is 40.0. The topological polar surface area (TPSA) is 469 Å². The number of nitrogens with zero attached hydrogens (tertiary/aromatic N) is 9. The first-order chi connectivity index (χ1) is 54.4. The molecule has 4 aliphatic rings. The lowest BCUT2D eigenvalue weighted by Crippen LogP contribution is -2.48. The van der Waals surface area contributed by atoms with Crippen LogP contribution in [-0.2, 0) is 23.9 Å². The number of unbranched alkanes of at least 4 members (excludes halogenated alkanes) is 10. The van der Waals surface area contributed by atoms with Crippen LogP contribution in [0.3, 0.4) is 0 Å². The number of carboxylic acids is 1. The van der Waals surface area contributed by atoms with E-state index in [1.165, 1.54) is 0 Å². The van der Waals surface area contributed by atoms with Gasteiger partial charge in [-0.15, -0.1) is 0 Å². The summed E-state index contributed by atoms with van der Waals surface area (Å²) in [7, 11) is 0. The summed E-state index contributed by atoms with van der Waals surface area (Å²) in [6, 6.07) is 11.8. The second-order valence-electron chi connectivity index (χ2n) is 30.6. The molecule has 32 heteroatoms. The van der Waals surface area contributed by atoms with Crippen molar-refractivity contribution in [2.75, 3.05) is 91.0 Å². The van der Waals surface area contributed by atoms with Gasteiger partial charge in [-0.1, -0.05) is 64.7 Å². The fourth-order valence-electron chi connectivity index (χ4n) is 13.7. The second kappa shape index (κ2) is 43.7. The van der Waals surface area contributed by atoms with Crippen LogP contribution in [0.15, 0.2) is 65.8 Å². The molecular weight excluding hydrogens is 1460 g/mol. The predicted molar refractivity (Wildman–Crippen MR) is 441 cm³/mol. The average Bonchev–Trinajstić information content (AvgIpc) is 0.766. The standard InChI is InChI=1S/C31H50N8O3.C26H34N4O4.C25H35N5O8/c1-22-19-25-26(20-24(22)35-21-34-16-10-9-15-33-17-12-14-32)39(29-28(38-25)30(41)37-23(2)36-29)18-11-7-6-8-13-27(40)42-31(3,4)5;1-16-14-19-20(15-17(16)2)30(25-24(29-19)26(33)28-18(3)27-25)13-9-5-4-6-12-23(32)34-22-11-8-7-10-21(22)31;1-13-9-16-17(10-15(13)26-11-18(32)22(36)23(37)19(33)12-31)30(8-6-4-3-5-7-20(34)35)24-21(29-16)25(38)28-14(2)27-24/h19-20,33-35H,2,6-18,21,32H2,1,3-5H3,(H,37,41);14-15,21-22,31H,3-13H2,1-2H3,(H,28,33);9-10,18-19,22-23,26,31-33,36-37H,2-8,11-12H2,1H3,(H,28,38)(H,34,35). The van der Waals surface area contributed by atoms with Gasteiger partial charge in [0.15, 0.2) is 33.5 Å². The maximum atomic E-state index is 12.8. The van der Waals surface area contributed by atoms with Crippen LogP contribution >= 0.6 is 0 Å². The molecule has 6 aromatic rings. The molecule has 3 aromatic heterocycles. The van der Waals surface area contributed by atoms with Crippen molar-refractivity contribution in [2.24, 2.45) is 20.7 Å². The van der Waals surface area contributed by atoms with E-state index in [0.717, 1.165) is 180 Å². The number of benzene rings is 3. The van der Waals surface area contributed by atoms with Gasteiger partial charge < -0.3 is 102 Å². The summed E-state index contributed by atoms with van der Waals surface area (Å²) in [5, 5.41) is 81.7. The lowest BCUT2D eigenvalue weighted by Gasteiger charge is -2.29. The van der Waals surface area contributed by atoms with Gasteiger partial charge >= 0.3 is 17.9 Å². The summed E-state index contributed by atoms with van der Waals surface area (Å²) in [5.41, 5.74) is 15.1. The number of carbonyl (C=O) groups excluding carboxylic acids is 2. The zero-order chi connectivity index (χ0) is 82.8. The number of rotatable bonds is 40. The number of nitrogens with two attached hydrogens (primary N) is 1. The number of fused-ring (bicyclic) bond motifs is 6. The van der Waals surface area contributed by atoms with Crippen LogP contribution < -0.4 is 90.9 Å². The van der Waals surface area contributed by atoms with Crippen molar-refractivity contribution < 1.29 is 59.6 Å².